The van der Waals surface area contributed by atoms with Crippen LogP contribution in [0, 0.1) is 11.3 Å². The Hall–Kier alpha value is -3.32. The second-order valence-corrected chi connectivity index (χ2v) is 10.4. The van der Waals surface area contributed by atoms with Crippen molar-refractivity contribution in [2.45, 2.75) is 44.9 Å². The van der Waals surface area contributed by atoms with Crippen molar-refractivity contribution in [3.63, 3.8) is 0 Å². The number of nitrogens with zero attached hydrogens (tertiary/aromatic N) is 4. The molecule has 2 atom stereocenters. The fourth-order valence-corrected chi connectivity index (χ4v) is 5.49. The van der Waals surface area contributed by atoms with E-state index in [-0.39, 0.29) is 24.7 Å². The highest BCUT2D eigenvalue weighted by atomic mass is 32.1. The minimum Gasteiger partial charge on any atom is -0.481 e. The number of aromatic nitrogens is 4. The van der Waals surface area contributed by atoms with E-state index in [0.29, 0.717) is 27.7 Å². The van der Waals surface area contributed by atoms with Crippen LogP contribution in [0.2, 0.25) is 0 Å². The van der Waals surface area contributed by atoms with Crippen molar-refractivity contribution in [2.24, 2.45) is 11.3 Å². The van der Waals surface area contributed by atoms with Crippen LogP contribution in [-0.4, -0.2) is 43.2 Å². The van der Waals surface area contributed by atoms with Gasteiger partial charge in [0.15, 0.2) is 0 Å². The van der Waals surface area contributed by atoms with Crippen molar-refractivity contribution in [3.05, 3.63) is 41.3 Å². The lowest BCUT2D eigenvalue weighted by Crippen LogP contribution is -2.44. The molecule has 13 heteroatoms. The number of thiazole rings is 1. The van der Waals surface area contributed by atoms with Gasteiger partial charge in [-0.1, -0.05) is 13.8 Å². The van der Waals surface area contributed by atoms with Crippen LogP contribution >= 0.6 is 11.3 Å². The fourth-order valence-electron chi connectivity index (χ4n) is 4.50. The summed E-state index contributed by atoms with van der Waals surface area (Å²) >= 11 is 1.21. The van der Waals surface area contributed by atoms with Gasteiger partial charge in [0.05, 0.1) is 23.6 Å². The summed E-state index contributed by atoms with van der Waals surface area (Å²) < 4.78 is 44.3. The van der Waals surface area contributed by atoms with E-state index < -0.39 is 34.8 Å². The van der Waals surface area contributed by atoms with Crippen LogP contribution in [0.5, 0.6) is 5.88 Å². The van der Waals surface area contributed by atoms with E-state index in [2.05, 4.69) is 25.3 Å². The largest absolute Gasteiger partial charge is 0.481 e. The Bertz CT molecular complexity index is 1280. The molecular weight excluding hydrogens is 499 g/mol. The Balaban J connectivity index is 1.62. The number of carboxylic acid groups (broad SMARTS) is 1. The maximum absolute atomic E-state index is 13.0. The number of alkyl halides is 3. The zero-order valence-corrected chi connectivity index (χ0v) is 20.4. The molecule has 1 aliphatic carbocycles. The number of aliphatic hydroxyl groups is 1. The number of halogens is 3. The minimum absolute atomic E-state index is 0.193. The van der Waals surface area contributed by atoms with Crippen molar-refractivity contribution in [1.82, 2.24) is 19.9 Å². The zero-order chi connectivity index (χ0) is 26.3. The summed E-state index contributed by atoms with van der Waals surface area (Å²) in [5.74, 6) is -1.50. The number of hydrogen-bond donors (Lipinski definition) is 3. The van der Waals surface area contributed by atoms with E-state index in [1.165, 1.54) is 24.5 Å². The Kier molecular flexibility index (Phi) is 6.64. The number of nitrogens with one attached hydrogen (secondary N) is 1. The van der Waals surface area contributed by atoms with Gasteiger partial charge in [0.2, 0.25) is 11.8 Å². The molecule has 0 bridgehead atoms. The van der Waals surface area contributed by atoms with E-state index in [0.717, 1.165) is 12.3 Å². The first-order chi connectivity index (χ1) is 16.8. The number of ether oxygens (including phenoxy) is 1. The van der Waals surface area contributed by atoms with Gasteiger partial charge in [-0.2, -0.15) is 13.2 Å². The molecule has 4 rings (SSSR count). The summed E-state index contributed by atoms with van der Waals surface area (Å²) in [5, 5.41) is 24.1. The maximum Gasteiger partial charge on any atom is 0.433 e. The first-order valence-electron chi connectivity index (χ1n) is 11.0. The second-order valence-electron chi connectivity index (χ2n) is 9.33. The third-order valence-electron chi connectivity index (χ3n) is 6.21. The average molecular weight is 524 g/mol. The third-order valence-corrected chi connectivity index (χ3v) is 7.42. The third kappa shape index (κ3) is 5.26. The standard InChI is InChI=1S/C23H24F3N5O4S/c1-21(2)11-22(34,6-4-13(21)18(32)33)19-28-10-15(36-19)14-8-12(9-17(30-14)35-3)29-20-27-7-5-16(31-20)23(24,25)26/h5,7-10,13,34H,4,6,11H2,1-3H3,(H,32,33)(H,27,29,30,31)/t13-,22-/m0/s1. The Morgan fingerprint density at radius 2 is 2.00 bits per heavy atom. The number of aliphatic carboxylic acids is 1. The van der Waals surface area contributed by atoms with Gasteiger partial charge in [-0.3, -0.25) is 4.79 Å². The average Bonchev–Trinajstić information content (AvgIpc) is 3.29. The summed E-state index contributed by atoms with van der Waals surface area (Å²) in [4.78, 5) is 28.3. The molecule has 0 saturated heterocycles. The van der Waals surface area contributed by atoms with Crippen LogP contribution in [-0.2, 0) is 16.6 Å². The van der Waals surface area contributed by atoms with Crippen molar-refractivity contribution >= 4 is 28.9 Å². The molecule has 3 N–H and O–H groups in total. The number of hydrogen-bond acceptors (Lipinski definition) is 9. The number of pyridine rings is 1. The van der Waals surface area contributed by atoms with Crippen LogP contribution in [0.1, 0.15) is 43.8 Å². The summed E-state index contributed by atoms with van der Waals surface area (Å²) in [6.07, 6.45) is -1.26. The van der Waals surface area contributed by atoms with Gasteiger partial charge in [0.25, 0.3) is 0 Å². The van der Waals surface area contributed by atoms with E-state index >= 15 is 0 Å². The van der Waals surface area contributed by atoms with Crippen LogP contribution in [0.25, 0.3) is 10.6 Å². The Labute approximate surface area is 208 Å². The molecule has 1 aliphatic rings. The highest BCUT2D eigenvalue weighted by molar-refractivity contribution is 7.15. The summed E-state index contributed by atoms with van der Waals surface area (Å²) in [6.45, 7) is 3.64. The number of carboxylic acids is 1. The number of methoxy groups -OCH3 is 1. The number of carbonyl (C=O) groups is 1. The molecule has 3 aromatic heterocycles. The monoisotopic (exact) mass is 523 g/mol. The van der Waals surface area contributed by atoms with E-state index in [9.17, 15) is 28.2 Å². The fraction of sp³-hybridized carbons (Fsp3) is 0.435. The molecule has 1 saturated carbocycles. The Morgan fingerprint density at radius 3 is 2.64 bits per heavy atom. The molecule has 3 heterocycles. The Morgan fingerprint density at radius 1 is 1.25 bits per heavy atom. The first kappa shape index (κ1) is 25.8. The quantitative estimate of drug-likeness (QED) is 0.414. The van der Waals surface area contributed by atoms with Crippen LogP contribution in [0.15, 0.2) is 30.6 Å². The topological polar surface area (TPSA) is 130 Å². The summed E-state index contributed by atoms with van der Waals surface area (Å²) in [6, 6.07) is 3.84. The molecule has 192 valence electrons. The normalized spacial score (nSPS) is 21.7. The van der Waals surface area contributed by atoms with Gasteiger partial charge >= 0.3 is 12.1 Å². The van der Waals surface area contributed by atoms with Crippen molar-refractivity contribution in [2.75, 3.05) is 12.4 Å². The molecule has 0 radical (unpaired) electrons. The van der Waals surface area contributed by atoms with Gasteiger partial charge in [-0.25, -0.2) is 19.9 Å². The molecule has 3 aromatic rings. The minimum atomic E-state index is -4.61. The van der Waals surface area contributed by atoms with Crippen LogP contribution in [0.3, 0.4) is 0 Å². The van der Waals surface area contributed by atoms with E-state index in [1.807, 2.05) is 13.8 Å². The van der Waals surface area contributed by atoms with Crippen LogP contribution < -0.4 is 10.1 Å². The highest BCUT2D eigenvalue weighted by Crippen LogP contribution is 2.50. The first-order valence-corrected chi connectivity index (χ1v) is 11.8. The molecule has 0 amide bonds. The lowest BCUT2D eigenvalue weighted by atomic mass is 9.63. The predicted molar refractivity (Wildman–Crippen MR) is 125 cm³/mol. The van der Waals surface area contributed by atoms with Gasteiger partial charge in [-0.05, 0) is 36.8 Å². The summed E-state index contributed by atoms with van der Waals surface area (Å²) in [7, 11) is 1.40. The van der Waals surface area contributed by atoms with Crippen molar-refractivity contribution < 1.29 is 32.9 Å². The van der Waals surface area contributed by atoms with Crippen molar-refractivity contribution in [3.8, 4) is 16.5 Å². The molecular formula is C23H24F3N5O4S. The predicted octanol–water partition coefficient (Wildman–Crippen LogP) is 4.86. The van der Waals surface area contributed by atoms with Gasteiger partial charge in [-0.15, -0.1) is 11.3 Å². The summed E-state index contributed by atoms with van der Waals surface area (Å²) in [5.41, 5.74) is -2.25. The molecule has 0 aliphatic heterocycles. The second kappa shape index (κ2) is 9.28. The SMILES string of the molecule is COc1cc(Nc2nccc(C(F)(F)F)n2)cc(-c2cnc([C@]3(O)CC[C@@H](C(=O)O)C(C)(C)C3)s2)n1. The molecule has 0 aromatic carbocycles. The lowest BCUT2D eigenvalue weighted by Gasteiger charge is -2.44. The smallest absolute Gasteiger partial charge is 0.433 e. The van der Waals surface area contributed by atoms with Gasteiger partial charge in [0, 0.05) is 24.1 Å². The van der Waals surface area contributed by atoms with Crippen LogP contribution in [0.4, 0.5) is 24.8 Å². The van der Waals surface area contributed by atoms with E-state index in [4.69, 9.17) is 4.74 Å². The maximum atomic E-state index is 13.0. The number of anilines is 2. The highest BCUT2D eigenvalue weighted by Gasteiger charge is 2.49. The van der Waals surface area contributed by atoms with Gasteiger partial charge < -0.3 is 20.3 Å². The molecule has 36 heavy (non-hydrogen) atoms. The molecule has 0 unspecified atom stereocenters. The van der Waals surface area contributed by atoms with Gasteiger partial charge in [0.1, 0.15) is 16.3 Å². The van der Waals surface area contributed by atoms with E-state index in [1.54, 1.807) is 12.3 Å². The number of rotatable bonds is 6. The molecule has 9 nitrogen and oxygen atoms in total. The molecule has 0 spiro atoms. The van der Waals surface area contributed by atoms with Crippen molar-refractivity contribution in [1.29, 1.82) is 0 Å². The zero-order valence-electron chi connectivity index (χ0n) is 19.6. The lowest BCUT2D eigenvalue weighted by molar-refractivity contribution is -0.154. The molecule has 1 fully saturated rings.